The standard InChI is InChI=1S/C20H22BrNO3/c1-24-18-10-13(9-17(21)20(18)25-2)12-22-19(23)11-15-8-7-14-5-3-4-6-16(14)15/h3-6,9-10,15H,7-8,11-12H2,1-2H3,(H,22,23). The lowest BCUT2D eigenvalue weighted by atomic mass is 9.97. The van der Waals surface area contributed by atoms with Crippen molar-refractivity contribution in [1.82, 2.24) is 5.32 Å². The van der Waals surface area contributed by atoms with Crippen LogP contribution in [-0.4, -0.2) is 20.1 Å². The smallest absolute Gasteiger partial charge is 0.220 e. The van der Waals surface area contributed by atoms with E-state index < -0.39 is 0 Å². The number of nitrogens with one attached hydrogen (secondary N) is 1. The van der Waals surface area contributed by atoms with E-state index in [1.54, 1.807) is 14.2 Å². The average Bonchev–Trinajstić information content (AvgIpc) is 3.02. The Morgan fingerprint density at radius 1 is 1.24 bits per heavy atom. The molecular formula is C20H22BrNO3. The zero-order valence-electron chi connectivity index (χ0n) is 14.5. The lowest BCUT2D eigenvalue weighted by molar-refractivity contribution is -0.121. The van der Waals surface area contributed by atoms with E-state index in [1.807, 2.05) is 12.1 Å². The Kier molecular flexibility index (Phi) is 5.63. The molecule has 1 unspecified atom stereocenters. The van der Waals surface area contributed by atoms with Crippen LogP contribution in [0.4, 0.5) is 0 Å². The van der Waals surface area contributed by atoms with Gasteiger partial charge in [-0.25, -0.2) is 0 Å². The van der Waals surface area contributed by atoms with Crippen LogP contribution in [0.15, 0.2) is 40.9 Å². The van der Waals surface area contributed by atoms with Gasteiger partial charge in [-0.1, -0.05) is 24.3 Å². The molecule has 1 amide bonds. The van der Waals surface area contributed by atoms with Crippen molar-refractivity contribution in [1.29, 1.82) is 0 Å². The molecule has 0 saturated heterocycles. The Hall–Kier alpha value is -2.01. The number of carbonyl (C=O) groups is 1. The van der Waals surface area contributed by atoms with Crippen LogP contribution in [0, 0.1) is 0 Å². The molecule has 0 radical (unpaired) electrons. The van der Waals surface area contributed by atoms with E-state index in [1.165, 1.54) is 11.1 Å². The third-order valence-corrected chi connectivity index (χ3v) is 5.26. The minimum Gasteiger partial charge on any atom is -0.493 e. The Bertz CT molecular complexity index is 776. The van der Waals surface area contributed by atoms with Crippen LogP contribution in [0.3, 0.4) is 0 Å². The van der Waals surface area contributed by atoms with Gasteiger partial charge in [0.2, 0.25) is 5.91 Å². The third kappa shape index (κ3) is 3.98. The molecule has 0 heterocycles. The lowest BCUT2D eigenvalue weighted by Crippen LogP contribution is -2.24. The summed E-state index contributed by atoms with van der Waals surface area (Å²) < 4.78 is 11.5. The van der Waals surface area contributed by atoms with Gasteiger partial charge >= 0.3 is 0 Å². The Morgan fingerprint density at radius 3 is 2.80 bits per heavy atom. The molecule has 1 aliphatic rings. The van der Waals surface area contributed by atoms with Gasteiger partial charge in [0.25, 0.3) is 0 Å². The number of hydrogen-bond donors (Lipinski definition) is 1. The highest BCUT2D eigenvalue weighted by molar-refractivity contribution is 9.10. The van der Waals surface area contributed by atoms with Crippen LogP contribution in [0.1, 0.15) is 35.4 Å². The Morgan fingerprint density at radius 2 is 2.04 bits per heavy atom. The van der Waals surface area contributed by atoms with E-state index in [9.17, 15) is 4.79 Å². The van der Waals surface area contributed by atoms with E-state index in [0.29, 0.717) is 30.4 Å². The number of carbonyl (C=O) groups excluding carboxylic acids is 1. The summed E-state index contributed by atoms with van der Waals surface area (Å²) >= 11 is 3.48. The van der Waals surface area contributed by atoms with Crippen molar-refractivity contribution >= 4 is 21.8 Å². The Balaban J connectivity index is 1.61. The molecular weight excluding hydrogens is 382 g/mol. The molecule has 0 spiro atoms. The zero-order valence-corrected chi connectivity index (χ0v) is 16.1. The molecule has 0 aliphatic heterocycles. The van der Waals surface area contributed by atoms with E-state index in [4.69, 9.17) is 9.47 Å². The summed E-state index contributed by atoms with van der Waals surface area (Å²) in [5, 5.41) is 3.02. The van der Waals surface area contributed by atoms with Crippen molar-refractivity contribution in [2.24, 2.45) is 0 Å². The maximum Gasteiger partial charge on any atom is 0.220 e. The molecule has 1 N–H and O–H groups in total. The molecule has 132 valence electrons. The van der Waals surface area contributed by atoms with Crippen LogP contribution in [0.2, 0.25) is 0 Å². The van der Waals surface area contributed by atoms with Crippen molar-refractivity contribution < 1.29 is 14.3 Å². The lowest BCUT2D eigenvalue weighted by Gasteiger charge is -2.14. The van der Waals surface area contributed by atoms with Gasteiger partial charge in [0.15, 0.2) is 11.5 Å². The van der Waals surface area contributed by atoms with Crippen molar-refractivity contribution in [2.75, 3.05) is 14.2 Å². The molecule has 0 fully saturated rings. The first kappa shape index (κ1) is 17.8. The number of methoxy groups -OCH3 is 2. The molecule has 2 aromatic rings. The Labute approximate surface area is 156 Å². The normalized spacial score (nSPS) is 15.6. The summed E-state index contributed by atoms with van der Waals surface area (Å²) in [6.07, 6.45) is 2.65. The van der Waals surface area contributed by atoms with Crippen molar-refractivity contribution in [3.8, 4) is 11.5 Å². The highest BCUT2D eigenvalue weighted by Crippen LogP contribution is 2.37. The van der Waals surface area contributed by atoms with Gasteiger partial charge in [-0.2, -0.15) is 0 Å². The SMILES string of the molecule is COc1cc(CNC(=O)CC2CCc3ccccc32)cc(Br)c1OC. The van der Waals surface area contributed by atoms with Gasteiger partial charge < -0.3 is 14.8 Å². The van der Waals surface area contributed by atoms with Gasteiger partial charge in [-0.3, -0.25) is 4.79 Å². The first-order chi connectivity index (χ1) is 12.1. The number of ether oxygens (including phenoxy) is 2. The zero-order chi connectivity index (χ0) is 17.8. The molecule has 3 rings (SSSR count). The number of halogens is 1. The number of benzene rings is 2. The summed E-state index contributed by atoms with van der Waals surface area (Å²) in [6.45, 7) is 0.464. The van der Waals surface area contributed by atoms with Crippen molar-refractivity contribution in [3.63, 3.8) is 0 Å². The van der Waals surface area contributed by atoms with Crippen molar-refractivity contribution in [3.05, 3.63) is 57.6 Å². The van der Waals surface area contributed by atoms with E-state index in [0.717, 1.165) is 22.9 Å². The third-order valence-electron chi connectivity index (χ3n) is 4.67. The first-order valence-electron chi connectivity index (χ1n) is 8.37. The highest BCUT2D eigenvalue weighted by atomic mass is 79.9. The fourth-order valence-electron chi connectivity index (χ4n) is 3.43. The number of fused-ring (bicyclic) bond motifs is 1. The topological polar surface area (TPSA) is 47.6 Å². The summed E-state index contributed by atoms with van der Waals surface area (Å²) in [5.41, 5.74) is 3.67. The second kappa shape index (κ2) is 7.91. The van der Waals surface area contributed by atoms with Crippen LogP contribution in [0.5, 0.6) is 11.5 Å². The molecule has 1 atom stereocenters. The van der Waals surface area contributed by atoms with Gasteiger partial charge in [0.05, 0.1) is 18.7 Å². The van der Waals surface area contributed by atoms with Gasteiger partial charge in [-0.05, 0) is 63.5 Å². The number of aryl methyl sites for hydroxylation is 1. The fourth-order valence-corrected chi connectivity index (χ4v) is 4.08. The van der Waals surface area contributed by atoms with Crippen molar-refractivity contribution in [2.45, 2.75) is 31.7 Å². The first-order valence-corrected chi connectivity index (χ1v) is 9.16. The minimum atomic E-state index is 0.0765. The van der Waals surface area contributed by atoms with Crippen LogP contribution < -0.4 is 14.8 Å². The maximum absolute atomic E-state index is 12.4. The van der Waals surface area contributed by atoms with Crippen LogP contribution in [-0.2, 0) is 17.8 Å². The highest BCUT2D eigenvalue weighted by Gasteiger charge is 2.24. The molecule has 1 aliphatic carbocycles. The predicted octanol–water partition coefficient (Wildman–Crippen LogP) is 4.20. The van der Waals surface area contributed by atoms with E-state index >= 15 is 0 Å². The molecule has 25 heavy (non-hydrogen) atoms. The predicted molar refractivity (Wildman–Crippen MR) is 101 cm³/mol. The summed E-state index contributed by atoms with van der Waals surface area (Å²) in [7, 11) is 3.20. The second-order valence-corrected chi connectivity index (χ2v) is 7.08. The molecule has 2 aromatic carbocycles. The fraction of sp³-hybridized carbons (Fsp3) is 0.350. The van der Waals surface area contributed by atoms with Gasteiger partial charge in [-0.15, -0.1) is 0 Å². The molecule has 4 nitrogen and oxygen atoms in total. The summed E-state index contributed by atoms with van der Waals surface area (Å²) in [5.74, 6) is 1.70. The monoisotopic (exact) mass is 403 g/mol. The molecule has 0 bridgehead atoms. The number of rotatable bonds is 6. The number of amides is 1. The average molecular weight is 404 g/mol. The van der Waals surface area contributed by atoms with Gasteiger partial charge in [0, 0.05) is 13.0 Å². The van der Waals surface area contributed by atoms with Crippen LogP contribution >= 0.6 is 15.9 Å². The minimum absolute atomic E-state index is 0.0765. The second-order valence-electron chi connectivity index (χ2n) is 6.23. The molecule has 5 heteroatoms. The molecule has 0 saturated carbocycles. The quantitative estimate of drug-likeness (QED) is 0.785. The number of hydrogen-bond acceptors (Lipinski definition) is 3. The maximum atomic E-state index is 12.4. The largest absolute Gasteiger partial charge is 0.493 e. The van der Waals surface area contributed by atoms with E-state index in [2.05, 4.69) is 45.5 Å². The summed E-state index contributed by atoms with van der Waals surface area (Å²) in [4.78, 5) is 12.4. The van der Waals surface area contributed by atoms with E-state index in [-0.39, 0.29) is 5.91 Å². The molecule has 0 aromatic heterocycles. The van der Waals surface area contributed by atoms with Crippen LogP contribution in [0.25, 0.3) is 0 Å². The summed E-state index contributed by atoms with van der Waals surface area (Å²) in [6, 6.07) is 12.2. The van der Waals surface area contributed by atoms with Gasteiger partial charge in [0.1, 0.15) is 0 Å².